The lowest BCUT2D eigenvalue weighted by Gasteiger charge is -2.23. The van der Waals surface area contributed by atoms with Gasteiger partial charge in [-0.2, -0.15) is 0 Å². The van der Waals surface area contributed by atoms with Crippen molar-refractivity contribution in [2.75, 3.05) is 7.05 Å². The molecule has 0 spiro atoms. The van der Waals surface area contributed by atoms with E-state index in [0.29, 0.717) is 5.56 Å². The maximum Gasteiger partial charge on any atom is 0.128 e. The van der Waals surface area contributed by atoms with Crippen molar-refractivity contribution in [2.24, 2.45) is 5.92 Å². The van der Waals surface area contributed by atoms with E-state index in [1.807, 2.05) is 13.8 Å². The predicted octanol–water partition coefficient (Wildman–Crippen LogP) is 3.27. The zero-order chi connectivity index (χ0) is 11.4. The number of rotatable bonds is 4. The van der Waals surface area contributed by atoms with Gasteiger partial charge in [-0.3, -0.25) is 0 Å². The Kier molecular flexibility index (Phi) is 4.21. The van der Waals surface area contributed by atoms with Crippen molar-refractivity contribution in [1.82, 2.24) is 5.32 Å². The van der Waals surface area contributed by atoms with E-state index in [0.717, 1.165) is 12.5 Å². The molecule has 15 heavy (non-hydrogen) atoms. The van der Waals surface area contributed by atoms with Gasteiger partial charge in [-0.1, -0.05) is 20.3 Å². The lowest BCUT2D eigenvalue weighted by molar-refractivity contribution is 0.385. The highest BCUT2D eigenvalue weighted by Gasteiger charge is 2.19. The van der Waals surface area contributed by atoms with Crippen molar-refractivity contribution in [3.63, 3.8) is 0 Å². The van der Waals surface area contributed by atoms with Crippen LogP contribution >= 0.6 is 0 Å². The average molecular weight is 213 g/mol. The molecule has 0 bridgehead atoms. The molecule has 0 aliphatic carbocycles. The van der Waals surface area contributed by atoms with E-state index < -0.39 is 5.82 Å². The van der Waals surface area contributed by atoms with Crippen LogP contribution in [0.3, 0.4) is 0 Å². The van der Waals surface area contributed by atoms with E-state index in [1.54, 1.807) is 7.05 Å². The van der Waals surface area contributed by atoms with Crippen molar-refractivity contribution < 1.29 is 8.78 Å². The van der Waals surface area contributed by atoms with Crippen LogP contribution in [0, 0.1) is 17.6 Å². The van der Waals surface area contributed by atoms with Crippen molar-refractivity contribution in [3.05, 3.63) is 35.4 Å². The van der Waals surface area contributed by atoms with Gasteiger partial charge in [-0.15, -0.1) is 0 Å². The van der Waals surface area contributed by atoms with Gasteiger partial charge >= 0.3 is 0 Å². The van der Waals surface area contributed by atoms with Crippen molar-refractivity contribution >= 4 is 0 Å². The zero-order valence-electron chi connectivity index (χ0n) is 9.35. The van der Waals surface area contributed by atoms with Crippen LogP contribution < -0.4 is 5.32 Å². The van der Waals surface area contributed by atoms with E-state index in [4.69, 9.17) is 0 Å². The van der Waals surface area contributed by atoms with E-state index in [1.165, 1.54) is 12.1 Å². The topological polar surface area (TPSA) is 12.0 Å². The molecule has 0 aliphatic rings. The highest BCUT2D eigenvalue weighted by Crippen LogP contribution is 2.26. The molecule has 1 aromatic carbocycles. The Labute approximate surface area is 89.5 Å². The highest BCUT2D eigenvalue weighted by atomic mass is 19.1. The fourth-order valence-corrected chi connectivity index (χ4v) is 1.74. The maximum absolute atomic E-state index is 13.5. The van der Waals surface area contributed by atoms with Crippen LogP contribution in [0.25, 0.3) is 0 Å². The van der Waals surface area contributed by atoms with E-state index >= 15 is 0 Å². The lowest BCUT2D eigenvalue weighted by atomic mass is 9.92. The highest BCUT2D eigenvalue weighted by molar-refractivity contribution is 5.22. The van der Waals surface area contributed by atoms with Crippen LogP contribution in [0.15, 0.2) is 18.2 Å². The second kappa shape index (κ2) is 5.21. The summed E-state index contributed by atoms with van der Waals surface area (Å²) in [7, 11) is 1.77. The summed E-state index contributed by atoms with van der Waals surface area (Å²) in [5.41, 5.74) is 0.409. The quantitative estimate of drug-likeness (QED) is 0.809. The molecular formula is C12H17F2N. The van der Waals surface area contributed by atoms with Gasteiger partial charge in [0.15, 0.2) is 0 Å². The molecule has 84 valence electrons. The molecule has 1 aromatic rings. The van der Waals surface area contributed by atoms with Gasteiger partial charge in [0.25, 0.3) is 0 Å². The summed E-state index contributed by atoms with van der Waals surface area (Å²) >= 11 is 0. The minimum atomic E-state index is -0.394. The summed E-state index contributed by atoms with van der Waals surface area (Å²) in [6, 6.07) is 3.45. The summed E-state index contributed by atoms with van der Waals surface area (Å²) in [6.45, 7) is 4.05. The van der Waals surface area contributed by atoms with E-state index in [2.05, 4.69) is 5.32 Å². The Balaban J connectivity index is 3.05. The Bertz CT molecular complexity index is 325. The van der Waals surface area contributed by atoms with Gasteiger partial charge in [0, 0.05) is 11.6 Å². The molecule has 0 amide bonds. The van der Waals surface area contributed by atoms with E-state index in [9.17, 15) is 8.78 Å². The van der Waals surface area contributed by atoms with Gasteiger partial charge in [-0.05, 0) is 31.2 Å². The van der Waals surface area contributed by atoms with Crippen LogP contribution in [0.5, 0.6) is 0 Å². The fraction of sp³-hybridized carbons (Fsp3) is 0.500. The third-order valence-electron chi connectivity index (χ3n) is 2.82. The minimum Gasteiger partial charge on any atom is -0.313 e. The molecule has 1 N–H and O–H groups in total. The summed E-state index contributed by atoms with van der Waals surface area (Å²) in [5, 5.41) is 3.03. The van der Waals surface area contributed by atoms with Crippen LogP contribution in [0.2, 0.25) is 0 Å². The number of hydrogen-bond acceptors (Lipinski definition) is 1. The Morgan fingerprint density at radius 3 is 2.53 bits per heavy atom. The smallest absolute Gasteiger partial charge is 0.128 e. The molecule has 0 saturated carbocycles. The molecule has 0 fully saturated rings. The van der Waals surface area contributed by atoms with Crippen molar-refractivity contribution in [2.45, 2.75) is 26.3 Å². The van der Waals surface area contributed by atoms with Crippen LogP contribution in [-0.4, -0.2) is 7.05 Å². The standard InChI is InChI=1S/C12H17F2N/c1-4-8(2)12(15-3)10-7-9(13)5-6-11(10)14/h5-8,12,15H,4H2,1-3H3. The second-order valence-electron chi connectivity index (χ2n) is 3.82. The molecule has 0 aliphatic heterocycles. The van der Waals surface area contributed by atoms with Crippen LogP contribution in [-0.2, 0) is 0 Å². The summed E-state index contributed by atoms with van der Waals surface area (Å²) in [5.74, 6) is -0.475. The summed E-state index contributed by atoms with van der Waals surface area (Å²) in [6.07, 6.45) is 0.918. The number of benzene rings is 1. The molecule has 2 unspecified atom stereocenters. The molecule has 2 atom stereocenters. The third-order valence-corrected chi connectivity index (χ3v) is 2.82. The molecule has 0 saturated heterocycles. The van der Waals surface area contributed by atoms with Crippen LogP contribution in [0.1, 0.15) is 31.9 Å². The molecule has 0 aromatic heterocycles. The maximum atomic E-state index is 13.5. The lowest BCUT2D eigenvalue weighted by Crippen LogP contribution is -2.24. The monoisotopic (exact) mass is 213 g/mol. The fourth-order valence-electron chi connectivity index (χ4n) is 1.74. The minimum absolute atomic E-state index is 0.134. The average Bonchev–Trinajstić information content (AvgIpc) is 2.23. The van der Waals surface area contributed by atoms with Crippen LogP contribution in [0.4, 0.5) is 8.78 Å². The first kappa shape index (κ1) is 12.1. The van der Waals surface area contributed by atoms with Gasteiger partial charge < -0.3 is 5.32 Å². The van der Waals surface area contributed by atoms with Crippen molar-refractivity contribution in [1.29, 1.82) is 0 Å². The number of halogens is 2. The molecular weight excluding hydrogens is 196 g/mol. The molecule has 1 nitrogen and oxygen atoms in total. The normalized spacial score (nSPS) is 15.0. The molecule has 0 heterocycles. The first-order valence-electron chi connectivity index (χ1n) is 5.22. The summed E-state index contributed by atoms with van der Waals surface area (Å²) < 4.78 is 26.5. The molecule has 0 radical (unpaired) electrons. The number of nitrogens with one attached hydrogen (secondary N) is 1. The largest absolute Gasteiger partial charge is 0.313 e. The number of hydrogen-bond donors (Lipinski definition) is 1. The molecule has 1 rings (SSSR count). The Morgan fingerprint density at radius 1 is 1.33 bits per heavy atom. The first-order valence-corrected chi connectivity index (χ1v) is 5.22. The Morgan fingerprint density at radius 2 is 2.00 bits per heavy atom. The van der Waals surface area contributed by atoms with Gasteiger partial charge in [0.05, 0.1) is 0 Å². The zero-order valence-corrected chi connectivity index (χ0v) is 9.35. The van der Waals surface area contributed by atoms with E-state index in [-0.39, 0.29) is 17.8 Å². The second-order valence-corrected chi connectivity index (χ2v) is 3.82. The summed E-state index contributed by atoms with van der Waals surface area (Å²) in [4.78, 5) is 0. The predicted molar refractivity (Wildman–Crippen MR) is 57.6 cm³/mol. The van der Waals surface area contributed by atoms with Gasteiger partial charge in [0.1, 0.15) is 11.6 Å². The van der Waals surface area contributed by atoms with Gasteiger partial charge in [-0.25, -0.2) is 8.78 Å². The third kappa shape index (κ3) is 2.75. The first-order chi connectivity index (χ1) is 7.10. The Hall–Kier alpha value is -0.960. The van der Waals surface area contributed by atoms with Gasteiger partial charge in [0.2, 0.25) is 0 Å². The van der Waals surface area contributed by atoms with Crippen molar-refractivity contribution in [3.8, 4) is 0 Å². The SMILES string of the molecule is CCC(C)C(NC)c1cc(F)ccc1F. The molecule has 3 heteroatoms.